The first-order valence-electron chi connectivity index (χ1n) is 23.3. The Balaban J connectivity index is 0.995. The van der Waals surface area contributed by atoms with Crippen molar-refractivity contribution in [2.45, 2.75) is 24.7 Å². The van der Waals surface area contributed by atoms with E-state index in [-0.39, 0.29) is 5.41 Å². The fraction of sp³-hybridized carbons (Fsp3) is 0.0625. The van der Waals surface area contributed by atoms with Gasteiger partial charge in [-0.05, 0) is 128 Å². The summed E-state index contributed by atoms with van der Waals surface area (Å²) in [5, 5.41) is 2.27. The number of rotatable bonds is 5. The number of fused-ring (bicyclic) bond motifs is 15. The minimum absolute atomic E-state index is 0.160. The molecule has 0 atom stereocenters. The van der Waals surface area contributed by atoms with E-state index in [0.717, 1.165) is 55.8 Å². The van der Waals surface area contributed by atoms with E-state index in [1.807, 2.05) is 6.07 Å². The average Bonchev–Trinajstić information content (AvgIpc) is 3.98. The molecule has 0 N–H and O–H groups in total. The van der Waals surface area contributed by atoms with E-state index < -0.39 is 5.41 Å². The smallest absolute Gasteiger partial charge is 0.143 e. The number of hydrogen-bond donors (Lipinski definition) is 0. The third-order valence-electron chi connectivity index (χ3n) is 15.1. The highest BCUT2D eigenvalue weighted by atomic mass is 16.3. The van der Waals surface area contributed by atoms with Gasteiger partial charge in [-0.3, -0.25) is 0 Å². The summed E-state index contributed by atoms with van der Waals surface area (Å²) >= 11 is 0. The minimum Gasteiger partial charge on any atom is -0.455 e. The molecule has 2 aliphatic carbocycles. The van der Waals surface area contributed by atoms with Gasteiger partial charge in [0.2, 0.25) is 0 Å². The minimum atomic E-state index is -0.581. The predicted molar refractivity (Wildman–Crippen MR) is 277 cm³/mol. The van der Waals surface area contributed by atoms with Gasteiger partial charge in [0.1, 0.15) is 11.2 Å². The molecule has 0 unspecified atom stereocenters. The van der Waals surface area contributed by atoms with Crippen LogP contribution in [0, 0.1) is 0 Å². The third-order valence-corrected chi connectivity index (χ3v) is 15.1. The van der Waals surface area contributed by atoms with Crippen LogP contribution in [-0.4, -0.2) is 0 Å². The van der Waals surface area contributed by atoms with E-state index in [1.165, 1.54) is 67.0 Å². The average molecular weight is 857 g/mol. The first-order chi connectivity index (χ1) is 33.0. The molecule has 1 aromatic heterocycles. The van der Waals surface area contributed by atoms with Crippen molar-refractivity contribution in [2.24, 2.45) is 0 Å². The lowest BCUT2D eigenvalue weighted by Gasteiger charge is -2.45. The lowest BCUT2D eigenvalue weighted by Crippen LogP contribution is -2.36. The Labute approximate surface area is 390 Å². The highest BCUT2D eigenvalue weighted by Gasteiger charge is 2.52. The summed E-state index contributed by atoms with van der Waals surface area (Å²) < 4.78 is 6.54. The molecule has 3 aliphatic rings. The lowest BCUT2D eigenvalue weighted by molar-refractivity contribution is 0.660. The van der Waals surface area contributed by atoms with Crippen molar-refractivity contribution >= 4 is 56.1 Å². The van der Waals surface area contributed by atoms with Gasteiger partial charge in [-0.15, -0.1) is 0 Å². The van der Waals surface area contributed by atoms with Gasteiger partial charge in [-0.2, -0.15) is 0 Å². The van der Waals surface area contributed by atoms with Crippen molar-refractivity contribution in [1.82, 2.24) is 0 Å². The van der Waals surface area contributed by atoms with Crippen molar-refractivity contribution in [2.75, 3.05) is 9.80 Å². The standard InChI is InChI=1S/C64H44N2O/c1-63(2)53-24-9-6-19-47(53)49-37-35-44(39-57(49)63)65(43-33-31-41(32-34-43)46-22-16-23-52-51-21-8-15-30-61(51)67-62(46)52)45-36-38-50-48-20-7-10-25-54(48)64(58(50)40-45)55-26-11-13-28-59(55)66(42-17-4-3-5-18-42)60-29-14-12-27-56(60)64/h3-40H,1-2H3. The number of nitrogens with zero attached hydrogens (tertiary/aromatic N) is 2. The zero-order valence-electron chi connectivity index (χ0n) is 37.2. The molecule has 0 saturated heterocycles. The molecule has 3 heteroatoms. The van der Waals surface area contributed by atoms with E-state index in [1.54, 1.807) is 0 Å². The first-order valence-corrected chi connectivity index (χ1v) is 23.3. The summed E-state index contributed by atoms with van der Waals surface area (Å²) in [6, 6.07) is 85.1. The van der Waals surface area contributed by atoms with Gasteiger partial charge in [0.15, 0.2) is 0 Å². The van der Waals surface area contributed by atoms with Crippen LogP contribution in [0.1, 0.15) is 47.2 Å². The van der Waals surface area contributed by atoms with E-state index in [0.29, 0.717) is 0 Å². The van der Waals surface area contributed by atoms with E-state index >= 15 is 0 Å². The fourth-order valence-electron chi connectivity index (χ4n) is 12.1. The van der Waals surface area contributed by atoms with Crippen LogP contribution in [0.2, 0.25) is 0 Å². The summed E-state index contributed by atoms with van der Waals surface area (Å²) in [7, 11) is 0. The maximum Gasteiger partial charge on any atom is 0.143 e. The van der Waals surface area contributed by atoms with Crippen molar-refractivity contribution in [3.63, 3.8) is 0 Å². The monoisotopic (exact) mass is 856 g/mol. The lowest BCUT2D eigenvalue weighted by atomic mass is 9.64. The summed E-state index contributed by atoms with van der Waals surface area (Å²) in [4.78, 5) is 4.92. The van der Waals surface area contributed by atoms with Gasteiger partial charge in [0, 0.05) is 44.5 Å². The highest BCUT2D eigenvalue weighted by molar-refractivity contribution is 6.09. The normalized spacial score (nSPS) is 14.3. The third kappa shape index (κ3) is 5.23. The van der Waals surface area contributed by atoms with Crippen LogP contribution >= 0.6 is 0 Å². The number of anilines is 6. The Bertz CT molecular complexity index is 3760. The molecule has 3 nitrogen and oxygen atoms in total. The topological polar surface area (TPSA) is 19.6 Å². The molecule has 10 aromatic carbocycles. The number of benzene rings is 10. The van der Waals surface area contributed by atoms with Crippen LogP contribution in [-0.2, 0) is 10.8 Å². The number of hydrogen-bond acceptors (Lipinski definition) is 3. The zero-order chi connectivity index (χ0) is 44.4. The van der Waals surface area contributed by atoms with Crippen molar-refractivity contribution < 1.29 is 4.42 Å². The molecule has 2 heterocycles. The summed E-state index contributed by atoms with van der Waals surface area (Å²) in [6.07, 6.45) is 0. The predicted octanol–water partition coefficient (Wildman–Crippen LogP) is 17.2. The fourth-order valence-corrected chi connectivity index (χ4v) is 12.1. The highest BCUT2D eigenvalue weighted by Crippen LogP contribution is 2.64. The van der Waals surface area contributed by atoms with Gasteiger partial charge in [-0.25, -0.2) is 0 Å². The molecule has 0 bridgehead atoms. The first kappa shape index (κ1) is 37.9. The second-order valence-electron chi connectivity index (χ2n) is 18.8. The van der Waals surface area contributed by atoms with Crippen LogP contribution in [0.25, 0.3) is 55.3 Å². The summed E-state index contributed by atoms with van der Waals surface area (Å²) in [6.45, 7) is 4.73. The number of para-hydroxylation sites is 5. The Morgan fingerprint density at radius 3 is 1.60 bits per heavy atom. The van der Waals surface area contributed by atoms with E-state index in [2.05, 4.69) is 248 Å². The van der Waals surface area contributed by atoms with Crippen LogP contribution in [0.5, 0.6) is 0 Å². The summed E-state index contributed by atoms with van der Waals surface area (Å²) in [5.74, 6) is 0. The van der Waals surface area contributed by atoms with Gasteiger partial charge in [0.05, 0.1) is 16.8 Å². The van der Waals surface area contributed by atoms with Gasteiger partial charge in [-0.1, -0.05) is 178 Å². The second kappa shape index (κ2) is 14.1. The maximum absolute atomic E-state index is 6.54. The maximum atomic E-state index is 6.54. The number of furan rings is 1. The molecule has 0 amide bonds. The molecule has 11 aromatic rings. The molecule has 316 valence electrons. The molecule has 14 rings (SSSR count). The SMILES string of the molecule is CC1(C)c2ccccc2-c2ccc(N(c3ccc(-c4cccc5c4oc4ccccc45)cc3)c3ccc4c(c3)C3(c5ccccc5-4)c4ccccc4N(c4ccccc4)c4ccccc43)cc21. The van der Waals surface area contributed by atoms with Crippen molar-refractivity contribution in [1.29, 1.82) is 0 Å². The molecule has 1 aliphatic heterocycles. The van der Waals surface area contributed by atoms with Gasteiger partial charge >= 0.3 is 0 Å². The van der Waals surface area contributed by atoms with Crippen LogP contribution in [0.4, 0.5) is 34.1 Å². The Hall–Kier alpha value is -8.40. The Morgan fingerprint density at radius 2 is 0.881 bits per heavy atom. The molecular formula is C64H44N2O. The van der Waals surface area contributed by atoms with Gasteiger partial charge < -0.3 is 14.2 Å². The van der Waals surface area contributed by atoms with Crippen molar-refractivity contribution in [3.05, 3.63) is 264 Å². The molecule has 0 radical (unpaired) electrons. The molecule has 0 fully saturated rings. The molecule has 0 saturated carbocycles. The Morgan fingerprint density at radius 1 is 0.373 bits per heavy atom. The van der Waals surface area contributed by atoms with Crippen molar-refractivity contribution in [3.8, 4) is 33.4 Å². The van der Waals surface area contributed by atoms with Crippen LogP contribution in [0.3, 0.4) is 0 Å². The van der Waals surface area contributed by atoms with E-state index in [4.69, 9.17) is 4.42 Å². The van der Waals surface area contributed by atoms with E-state index in [9.17, 15) is 0 Å². The van der Waals surface area contributed by atoms with Crippen LogP contribution < -0.4 is 9.80 Å². The van der Waals surface area contributed by atoms with Crippen LogP contribution in [0.15, 0.2) is 235 Å². The molecule has 67 heavy (non-hydrogen) atoms. The van der Waals surface area contributed by atoms with Gasteiger partial charge in [0.25, 0.3) is 0 Å². The quantitative estimate of drug-likeness (QED) is 0.172. The largest absolute Gasteiger partial charge is 0.455 e. The molecule has 1 spiro atoms. The Kier molecular flexibility index (Phi) is 7.95. The second-order valence-corrected chi connectivity index (χ2v) is 18.8. The zero-order valence-corrected chi connectivity index (χ0v) is 37.2. The molecular weight excluding hydrogens is 813 g/mol. The summed E-state index contributed by atoms with van der Waals surface area (Å²) in [5.41, 5.74) is 23.1.